The first-order chi connectivity index (χ1) is 63.8. The van der Waals surface area contributed by atoms with Crippen molar-refractivity contribution in [3.05, 3.63) is 249 Å². The van der Waals surface area contributed by atoms with Crippen molar-refractivity contribution in [1.29, 1.82) is 0 Å². The molecule has 8 fully saturated rings. The normalized spacial score (nSPS) is 28.9. The third-order valence-corrected chi connectivity index (χ3v) is 31.9. The minimum Gasteiger partial charge on any atom is -0.390 e. The molecule has 5 aliphatic heterocycles. The van der Waals surface area contributed by atoms with Gasteiger partial charge in [0, 0.05) is 141 Å². The Hall–Kier alpha value is -10.9. The Morgan fingerprint density at radius 2 is 0.774 bits per heavy atom. The second kappa shape index (κ2) is 33.9. The number of nitrogens with two attached hydrogens (primary N) is 2. The Kier molecular flexibility index (Phi) is 22.6. The van der Waals surface area contributed by atoms with Gasteiger partial charge in [0.15, 0.2) is 6.23 Å². The number of aromatic nitrogens is 16. The van der Waals surface area contributed by atoms with Gasteiger partial charge in [-0.3, -0.25) is 14.4 Å². The maximum absolute atomic E-state index is 13.1. The lowest BCUT2D eigenvalue weighted by Gasteiger charge is -2.27. The fourth-order valence-electron chi connectivity index (χ4n) is 22.2. The Morgan fingerprint density at radius 1 is 0.398 bits per heavy atom. The van der Waals surface area contributed by atoms with E-state index in [1.165, 1.54) is 25.3 Å². The number of hydrogen-bond donors (Lipinski definition) is 15. The zero-order chi connectivity index (χ0) is 92.5. The summed E-state index contributed by atoms with van der Waals surface area (Å²) in [5, 5.41) is 107. The van der Waals surface area contributed by atoms with Gasteiger partial charge in [-0.1, -0.05) is 42.5 Å². The predicted molar refractivity (Wildman–Crippen MR) is 514 cm³/mol. The molecule has 17 heterocycles. The van der Waals surface area contributed by atoms with Gasteiger partial charge in [-0.15, -0.1) is 0 Å². The summed E-state index contributed by atoms with van der Waals surface area (Å²) >= 11 is 13.4. The monoisotopic (exact) mass is 2050 g/mol. The van der Waals surface area contributed by atoms with Crippen LogP contribution in [0, 0.1) is 43.9 Å². The molecule has 8 aliphatic rings. The van der Waals surface area contributed by atoms with Crippen molar-refractivity contribution in [3.8, 4) is 0 Å². The number of aryl methyl sites for hydroxylation is 4. The number of ether oxygens (including phenoxy) is 1. The van der Waals surface area contributed by atoms with E-state index in [0.717, 1.165) is 119 Å². The molecule has 0 unspecified atom stereocenters. The standard InChI is InChI=1S/C24H23BrN6O3.2C24H24BrN5O3.C23H23BrN6O3/c1-12-15-4-5-30(23(15)28-11-27-12)18-8-24(21(34)20(18)33)9-19(32)31(10-24)14-3-2-13-6-16(25)22(26)29-17(13)7-14;2*1-12-15-4-5-30(22(15)28-11-27-12)19-9-24(21(32)20(19)31)8-18(26-10-24)14-3-2-13-6-16(25)23(33)29-17(13)7-14;1-11-14-4-5-30(21(14)28-10-27-11)22-18(31)19(32)23(33-22)8-17(26-9-23)13-3-2-12-6-15(24)20(25)29-16(12)7-13/h2-7,11,18,20-21,33-34H,8-10H2,1H3,(H2,26,29);2*2-7,11,18-21,26,31-32H,8-10H2,1H3,(H,29,33);2-7,10,17-19,22,26,31-32H,8-9H2,1H3,(H2,25,29)/t18-,20+,21+,24+;18-,19+,20-,21-,24-;18-,19-,20+,21+,24+;17-,18-,19+,22-,23+/m1011/s1. The van der Waals surface area contributed by atoms with E-state index in [2.05, 4.69) is 152 Å². The summed E-state index contributed by atoms with van der Waals surface area (Å²) in [5.74, 6) is 0.727. The van der Waals surface area contributed by atoms with Crippen LogP contribution in [0.25, 0.3) is 87.7 Å². The Balaban J connectivity index is 0.000000107. The van der Waals surface area contributed by atoms with E-state index < -0.39 is 82.9 Å². The van der Waals surface area contributed by atoms with E-state index >= 15 is 0 Å². The summed E-state index contributed by atoms with van der Waals surface area (Å²) in [4.78, 5) is 88.2. The van der Waals surface area contributed by atoms with Crippen LogP contribution < -0.4 is 43.4 Å². The number of anilines is 3. The topological polar surface area (TPSA) is 494 Å². The van der Waals surface area contributed by atoms with Gasteiger partial charge in [-0.25, -0.2) is 49.8 Å². The van der Waals surface area contributed by atoms with Crippen LogP contribution >= 0.6 is 63.7 Å². The van der Waals surface area contributed by atoms with Gasteiger partial charge in [0.05, 0.1) is 88.1 Å². The third kappa shape index (κ3) is 15.2. The highest BCUT2D eigenvalue weighted by Crippen LogP contribution is 2.57. The molecule has 5 saturated heterocycles. The van der Waals surface area contributed by atoms with Gasteiger partial charge in [0.2, 0.25) is 5.91 Å². The zero-order valence-electron chi connectivity index (χ0n) is 72.2. The van der Waals surface area contributed by atoms with Crippen molar-refractivity contribution in [3.63, 3.8) is 0 Å². The second-order valence-corrected chi connectivity index (χ2v) is 40.5. The van der Waals surface area contributed by atoms with Crippen LogP contribution in [-0.2, 0) is 9.53 Å². The number of nitrogen functional groups attached to an aromatic ring is 2. The molecule has 16 aromatic rings. The highest BCUT2D eigenvalue weighted by molar-refractivity contribution is 9.11. The van der Waals surface area contributed by atoms with Crippen LogP contribution in [0.1, 0.15) is 127 Å². The molecule has 4 spiro atoms. The molecule has 19 atom stereocenters. The van der Waals surface area contributed by atoms with E-state index in [-0.39, 0.29) is 53.7 Å². The summed E-state index contributed by atoms with van der Waals surface area (Å²) in [6.45, 7) is 9.64. The fourth-order valence-corrected chi connectivity index (χ4v) is 23.6. The first kappa shape index (κ1) is 88.7. The largest absolute Gasteiger partial charge is 0.390 e. The molecule has 12 aromatic heterocycles. The highest BCUT2D eigenvalue weighted by Gasteiger charge is 2.62. The van der Waals surface area contributed by atoms with Gasteiger partial charge < -0.3 is 106 Å². The van der Waals surface area contributed by atoms with Crippen LogP contribution in [0.3, 0.4) is 0 Å². The maximum Gasteiger partial charge on any atom is 0.262 e. The summed E-state index contributed by atoms with van der Waals surface area (Å²) in [5.41, 5.74) is 22.3. The summed E-state index contributed by atoms with van der Waals surface area (Å²) in [6, 6.07) is 38.0. The van der Waals surface area contributed by atoms with Gasteiger partial charge in [0.25, 0.3) is 11.1 Å². The first-order valence-electron chi connectivity index (χ1n) is 44.0. The summed E-state index contributed by atoms with van der Waals surface area (Å²) in [6.07, 6.45) is 9.00. The number of aliphatic hydroxyl groups excluding tert-OH is 8. The molecule has 34 nitrogen and oxygen atoms in total. The Labute approximate surface area is 791 Å². The molecule has 0 bridgehead atoms. The molecule has 3 aliphatic carbocycles. The van der Waals surface area contributed by atoms with E-state index in [0.29, 0.717) is 108 Å². The number of fused-ring (bicyclic) bond motifs is 8. The molecule has 24 rings (SSSR count). The van der Waals surface area contributed by atoms with Crippen LogP contribution in [0.15, 0.2) is 199 Å². The zero-order valence-corrected chi connectivity index (χ0v) is 78.5. The molecular weight excluding hydrogens is 1960 g/mol. The molecule has 3 saturated carbocycles. The number of aromatic amines is 2. The molecule has 0 radical (unpaired) electrons. The number of carbonyl (C=O) groups is 1. The van der Waals surface area contributed by atoms with E-state index in [4.69, 9.17) is 16.2 Å². The molecule has 4 aromatic carbocycles. The van der Waals surface area contributed by atoms with E-state index in [1.54, 1.807) is 9.47 Å². The molecule has 133 heavy (non-hydrogen) atoms. The lowest BCUT2D eigenvalue weighted by atomic mass is 9.80. The van der Waals surface area contributed by atoms with Crippen LogP contribution in [-0.4, -0.2) is 205 Å². The van der Waals surface area contributed by atoms with E-state index in [9.17, 15) is 55.2 Å². The summed E-state index contributed by atoms with van der Waals surface area (Å²) < 4.78 is 16.5. The van der Waals surface area contributed by atoms with Crippen LogP contribution in [0.5, 0.6) is 0 Å². The quantitative estimate of drug-likeness (QED) is 0.0672. The average Bonchev–Trinajstić information content (AvgIpc) is 1.58. The van der Waals surface area contributed by atoms with Crippen molar-refractivity contribution < 1.29 is 50.4 Å². The number of hydrogen-bond acceptors (Lipinski definition) is 27. The maximum atomic E-state index is 13.1. The number of nitrogens with zero attached hydrogens (tertiary/aromatic N) is 15. The van der Waals surface area contributed by atoms with E-state index in [1.807, 2.05) is 175 Å². The molecule has 1 amide bonds. The van der Waals surface area contributed by atoms with Crippen LogP contribution in [0.4, 0.5) is 17.3 Å². The molecular formula is C95H94Br4N22O12. The minimum atomic E-state index is -1.09. The average molecular weight is 2060 g/mol. The van der Waals surface area contributed by atoms with Crippen molar-refractivity contribution in [2.75, 3.05) is 42.5 Å². The molecule has 684 valence electrons. The predicted octanol–water partition coefficient (Wildman–Crippen LogP) is 10.5. The highest BCUT2D eigenvalue weighted by atomic mass is 79.9. The SMILES string of the molecule is Cc1ncnc2c1ccn2[C@@H]1C[C@@]2(CC(=O)N(c3ccc4cc(Br)c(N)nc4c3)C2)[C@@H](O)[C@H]1O.Cc1ncnc2c1ccn2[C@@H]1C[C@@]2(CN[C@@H](c3ccc4cc(Br)c(=O)[nH]c4c3)C2)[C@@H](O)[C@H]1O.Cc1ncnc2c1ccn2[C@@H]1C[C@@]2(CN[C@H](c3ccc4cc(Br)c(=O)[nH]c4c3)C2)[C@@H](O)[C@H]1O.Cc1ncnc2c1ccn2[C@@H]1O[C@@]2(CN[C@@H](c3ccc4cc(Br)c(N)nc4c3)C2)[C@@H](O)[C@H]1O. The van der Waals surface area contributed by atoms with Gasteiger partial charge >= 0.3 is 0 Å². The van der Waals surface area contributed by atoms with Gasteiger partial charge in [-0.2, -0.15) is 0 Å². The van der Waals surface area contributed by atoms with Crippen molar-refractivity contribution in [2.45, 2.75) is 170 Å². The Bertz CT molecular complexity index is 7290. The lowest BCUT2D eigenvalue weighted by Crippen LogP contribution is -2.44. The second-order valence-electron chi connectivity index (χ2n) is 37.1. The van der Waals surface area contributed by atoms with Crippen molar-refractivity contribution in [1.82, 2.24) is 94.0 Å². The Morgan fingerprint density at radius 3 is 1.23 bits per heavy atom. The van der Waals surface area contributed by atoms with Crippen LogP contribution in [0.2, 0.25) is 0 Å². The number of halogens is 4. The number of aliphatic hydroxyl groups is 8. The number of H-pyrrole nitrogens is 2. The van der Waals surface area contributed by atoms with Crippen molar-refractivity contribution >= 4 is 175 Å². The number of benzene rings is 4. The lowest BCUT2D eigenvalue weighted by molar-refractivity contribution is -0.118. The fraction of sp³-hybridized carbons (Fsp3) is 0.358. The van der Waals surface area contributed by atoms with Gasteiger partial charge in [0.1, 0.15) is 95.7 Å². The third-order valence-electron chi connectivity index (χ3n) is 29.4. The number of amides is 1. The summed E-state index contributed by atoms with van der Waals surface area (Å²) in [7, 11) is 0. The molecule has 38 heteroatoms. The molecule has 17 N–H and O–H groups in total. The number of nitrogens with one attached hydrogen (secondary N) is 5. The number of carbonyl (C=O) groups excluding carboxylic acids is 1. The smallest absolute Gasteiger partial charge is 0.262 e. The van der Waals surface area contributed by atoms with Gasteiger partial charge in [-0.05, 0) is 236 Å². The number of rotatable bonds is 8. The first-order valence-corrected chi connectivity index (χ1v) is 47.2. The number of pyridine rings is 4. The van der Waals surface area contributed by atoms with Crippen molar-refractivity contribution in [2.24, 2.45) is 16.2 Å². The minimum absolute atomic E-state index is 0.0214.